The van der Waals surface area contributed by atoms with E-state index in [2.05, 4.69) is 27.8 Å². The van der Waals surface area contributed by atoms with Gasteiger partial charge in [0.1, 0.15) is 0 Å². The molecule has 2 aromatic heterocycles. The van der Waals surface area contributed by atoms with Crippen LogP contribution >= 0.6 is 22.7 Å². The van der Waals surface area contributed by atoms with Crippen molar-refractivity contribution in [2.75, 3.05) is 6.54 Å². The third-order valence-electron chi connectivity index (χ3n) is 6.91. The molecule has 28 heavy (non-hydrogen) atoms. The van der Waals surface area contributed by atoms with Gasteiger partial charge in [0.05, 0.1) is 21.2 Å². The number of nitrogens with zero attached hydrogens (tertiary/aromatic N) is 1. The molecule has 0 radical (unpaired) electrons. The number of aromatic nitrogens is 1. The van der Waals surface area contributed by atoms with Gasteiger partial charge in [0.25, 0.3) is 0 Å². The van der Waals surface area contributed by atoms with Gasteiger partial charge in [0.2, 0.25) is 5.91 Å². The molecule has 4 fully saturated rings. The lowest BCUT2D eigenvalue weighted by atomic mass is 9.47. The van der Waals surface area contributed by atoms with Gasteiger partial charge >= 0.3 is 0 Å². The SMILES string of the molecule is Cc1nc(-c2ccc(CCNC(=O)CC34CC5CC(CC(O)(C5)C3)C4)s2)cs1. The number of thiophene rings is 1. The summed E-state index contributed by atoms with van der Waals surface area (Å²) >= 11 is 3.44. The fourth-order valence-corrected chi connectivity index (χ4v) is 8.12. The summed E-state index contributed by atoms with van der Waals surface area (Å²) in [5.74, 6) is 1.44. The second kappa shape index (κ2) is 6.92. The lowest BCUT2D eigenvalue weighted by Crippen LogP contribution is -2.56. The largest absolute Gasteiger partial charge is 0.390 e. The molecule has 4 nitrogen and oxygen atoms in total. The molecule has 2 atom stereocenters. The predicted molar refractivity (Wildman–Crippen MR) is 114 cm³/mol. The summed E-state index contributed by atoms with van der Waals surface area (Å²) in [7, 11) is 0. The first kappa shape index (κ1) is 18.8. The Kier molecular flexibility index (Phi) is 4.64. The van der Waals surface area contributed by atoms with Crippen LogP contribution in [-0.4, -0.2) is 28.1 Å². The third kappa shape index (κ3) is 3.66. The molecular formula is C22H28N2O2S2. The van der Waals surface area contributed by atoms with Gasteiger partial charge in [-0.15, -0.1) is 22.7 Å². The van der Waals surface area contributed by atoms with Crippen molar-refractivity contribution in [2.24, 2.45) is 17.3 Å². The van der Waals surface area contributed by atoms with Crippen LogP contribution in [0.15, 0.2) is 17.5 Å². The van der Waals surface area contributed by atoms with Crippen LogP contribution in [0.25, 0.3) is 10.6 Å². The van der Waals surface area contributed by atoms with Gasteiger partial charge in [0.15, 0.2) is 0 Å². The smallest absolute Gasteiger partial charge is 0.220 e. The van der Waals surface area contributed by atoms with Crippen LogP contribution in [0, 0.1) is 24.2 Å². The summed E-state index contributed by atoms with van der Waals surface area (Å²) in [4.78, 5) is 19.7. The van der Waals surface area contributed by atoms with E-state index >= 15 is 0 Å². The van der Waals surface area contributed by atoms with Gasteiger partial charge in [-0.3, -0.25) is 4.79 Å². The minimum atomic E-state index is -0.480. The lowest BCUT2D eigenvalue weighted by molar-refractivity contribution is -0.169. The first-order valence-corrected chi connectivity index (χ1v) is 12.1. The second-order valence-corrected chi connectivity index (χ2v) is 11.7. The summed E-state index contributed by atoms with van der Waals surface area (Å²) in [5.41, 5.74) is 0.635. The van der Waals surface area contributed by atoms with Crippen molar-refractivity contribution in [2.45, 2.75) is 63.9 Å². The highest BCUT2D eigenvalue weighted by Gasteiger charge is 2.57. The molecule has 6 rings (SSSR count). The highest BCUT2D eigenvalue weighted by Crippen LogP contribution is 2.62. The van der Waals surface area contributed by atoms with Crippen LogP contribution in [-0.2, 0) is 11.2 Å². The zero-order chi connectivity index (χ0) is 19.4. The van der Waals surface area contributed by atoms with Crippen LogP contribution < -0.4 is 5.32 Å². The Balaban J connectivity index is 1.14. The first-order chi connectivity index (χ1) is 13.4. The maximum atomic E-state index is 12.7. The molecule has 0 saturated heterocycles. The van der Waals surface area contributed by atoms with Gasteiger partial charge in [0, 0.05) is 23.2 Å². The number of thiazole rings is 1. The molecule has 2 N–H and O–H groups in total. The van der Waals surface area contributed by atoms with E-state index in [1.54, 1.807) is 22.7 Å². The molecule has 0 aliphatic heterocycles. The Morgan fingerprint density at radius 2 is 2.07 bits per heavy atom. The van der Waals surface area contributed by atoms with Crippen molar-refractivity contribution in [3.63, 3.8) is 0 Å². The maximum Gasteiger partial charge on any atom is 0.220 e. The molecule has 4 saturated carbocycles. The van der Waals surface area contributed by atoms with Crippen molar-refractivity contribution in [1.82, 2.24) is 10.3 Å². The van der Waals surface area contributed by atoms with E-state index in [4.69, 9.17) is 0 Å². The second-order valence-electron chi connectivity index (χ2n) is 9.48. The number of carbonyl (C=O) groups is 1. The Bertz CT molecular complexity index is 873. The molecule has 4 bridgehead atoms. The van der Waals surface area contributed by atoms with Crippen LogP contribution in [0.3, 0.4) is 0 Å². The van der Waals surface area contributed by atoms with E-state index < -0.39 is 5.60 Å². The summed E-state index contributed by atoms with van der Waals surface area (Å²) in [6.07, 6.45) is 7.77. The van der Waals surface area contributed by atoms with E-state index in [-0.39, 0.29) is 11.3 Å². The summed E-state index contributed by atoms with van der Waals surface area (Å²) in [6.45, 7) is 2.71. The van der Waals surface area contributed by atoms with Gasteiger partial charge in [-0.2, -0.15) is 0 Å². The highest BCUT2D eigenvalue weighted by molar-refractivity contribution is 7.16. The molecule has 4 aliphatic rings. The fourth-order valence-electron chi connectivity index (χ4n) is 6.46. The number of hydrogen-bond donors (Lipinski definition) is 2. The summed E-state index contributed by atoms with van der Waals surface area (Å²) in [5, 5.41) is 17.2. The van der Waals surface area contributed by atoms with E-state index in [0.29, 0.717) is 24.8 Å². The summed E-state index contributed by atoms with van der Waals surface area (Å²) in [6, 6.07) is 4.28. The molecular weight excluding hydrogens is 388 g/mol. The maximum absolute atomic E-state index is 12.7. The molecule has 4 aliphatic carbocycles. The quantitative estimate of drug-likeness (QED) is 0.726. The number of aliphatic hydroxyl groups is 1. The molecule has 2 aromatic rings. The van der Waals surface area contributed by atoms with Gasteiger partial charge < -0.3 is 10.4 Å². The average Bonchev–Trinajstić information content (AvgIpc) is 3.21. The number of amides is 1. The lowest BCUT2D eigenvalue weighted by Gasteiger charge is -2.60. The van der Waals surface area contributed by atoms with Gasteiger partial charge in [-0.1, -0.05) is 0 Å². The molecule has 6 heteroatoms. The number of hydrogen-bond acceptors (Lipinski definition) is 5. The Morgan fingerprint density at radius 3 is 2.75 bits per heavy atom. The van der Waals surface area contributed by atoms with Gasteiger partial charge in [-0.25, -0.2) is 4.98 Å². The first-order valence-electron chi connectivity index (χ1n) is 10.4. The Labute approximate surface area is 174 Å². The Hall–Kier alpha value is -1.24. The number of aryl methyl sites for hydroxylation is 1. The van der Waals surface area contributed by atoms with Crippen molar-refractivity contribution in [1.29, 1.82) is 0 Å². The van der Waals surface area contributed by atoms with Crippen LogP contribution in [0.4, 0.5) is 0 Å². The zero-order valence-electron chi connectivity index (χ0n) is 16.4. The number of carbonyl (C=O) groups excluding carboxylic acids is 1. The molecule has 150 valence electrons. The normalized spacial score (nSPS) is 33.4. The van der Waals surface area contributed by atoms with E-state index in [1.807, 2.05) is 6.92 Å². The molecule has 1 amide bonds. The van der Waals surface area contributed by atoms with Crippen LogP contribution in [0.5, 0.6) is 0 Å². The van der Waals surface area contributed by atoms with Crippen LogP contribution in [0.2, 0.25) is 0 Å². The van der Waals surface area contributed by atoms with Crippen LogP contribution in [0.1, 0.15) is 54.8 Å². The summed E-state index contributed by atoms with van der Waals surface area (Å²) < 4.78 is 0. The topological polar surface area (TPSA) is 62.2 Å². The monoisotopic (exact) mass is 416 g/mol. The molecule has 2 unspecified atom stereocenters. The van der Waals surface area contributed by atoms with Crippen molar-refractivity contribution >= 4 is 28.6 Å². The van der Waals surface area contributed by atoms with E-state index in [1.165, 1.54) is 16.2 Å². The fraction of sp³-hybridized carbons (Fsp3) is 0.636. The Morgan fingerprint density at radius 1 is 1.29 bits per heavy atom. The van der Waals surface area contributed by atoms with Gasteiger partial charge in [-0.05, 0) is 81.3 Å². The van der Waals surface area contributed by atoms with Crippen molar-refractivity contribution in [3.8, 4) is 10.6 Å². The minimum absolute atomic E-state index is 0.0570. The molecule has 2 heterocycles. The third-order valence-corrected chi connectivity index (χ3v) is 8.85. The zero-order valence-corrected chi connectivity index (χ0v) is 18.0. The number of rotatable bonds is 6. The molecule has 0 aromatic carbocycles. The van der Waals surface area contributed by atoms with E-state index in [9.17, 15) is 9.90 Å². The van der Waals surface area contributed by atoms with Crippen molar-refractivity contribution < 1.29 is 9.90 Å². The van der Waals surface area contributed by atoms with E-state index in [0.717, 1.165) is 49.2 Å². The highest BCUT2D eigenvalue weighted by atomic mass is 32.1. The molecule has 0 spiro atoms. The standard InChI is InChI=1S/C22H28N2O2S2/c1-14-24-18(12-27-14)19-3-2-17(28-19)4-5-23-20(25)11-21-7-15-6-16(8-21)10-22(26,9-15)13-21/h2-3,12,15-16,26H,4-11,13H2,1H3,(H,23,25). The van der Waals surface area contributed by atoms with Crippen molar-refractivity contribution in [3.05, 3.63) is 27.4 Å². The average molecular weight is 417 g/mol. The minimum Gasteiger partial charge on any atom is -0.390 e. The number of nitrogens with one attached hydrogen (secondary N) is 1. The predicted octanol–water partition coefficient (Wildman–Crippen LogP) is 4.56.